The van der Waals surface area contributed by atoms with Gasteiger partial charge in [-0.15, -0.1) is 0 Å². The Labute approximate surface area is 85.7 Å². The van der Waals surface area contributed by atoms with Gasteiger partial charge in [0.15, 0.2) is 0 Å². The number of halogens is 1. The third-order valence-electron chi connectivity index (χ3n) is 2.03. The van der Waals surface area contributed by atoms with E-state index in [4.69, 9.17) is 4.74 Å². The van der Waals surface area contributed by atoms with Gasteiger partial charge in [0.25, 0.3) is 0 Å². The van der Waals surface area contributed by atoms with Crippen molar-refractivity contribution in [2.75, 3.05) is 13.7 Å². The quantitative estimate of drug-likeness (QED) is 0.813. The molecule has 0 spiro atoms. The minimum atomic E-state index is 0.639. The van der Waals surface area contributed by atoms with Crippen molar-refractivity contribution in [3.05, 3.63) is 34.3 Å². The topological polar surface area (TPSA) is 21.3 Å². The highest BCUT2D eigenvalue weighted by atomic mass is 79.9. The number of hydrogen-bond donors (Lipinski definition) is 1. The van der Waals surface area contributed by atoms with Crippen LogP contribution in [0.5, 0.6) is 5.75 Å². The molecule has 0 saturated carbocycles. The highest BCUT2D eigenvalue weighted by Gasteiger charge is 2.12. The van der Waals surface area contributed by atoms with Crippen LogP contribution in [0.1, 0.15) is 5.56 Å². The number of hydrogen-bond acceptors (Lipinski definition) is 2. The molecule has 0 bridgehead atoms. The van der Waals surface area contributed by atoms with Crippen molar-refractivity contribution >= 4 is 21.6 Å². The van der Waals surface area contributed by atoms with Gasteiger partial charge in [-0.3, -0.25) is 0 Å². The molecule has 1 N–H and O–H groups in total. The van der Waals surface area contributed by atoms with Gasteiger partial charge in [-0.1, -0.05) is 15.9 Å². The summed E-state index contributed by atoms with van der Waals surface area (Å²) in [5.74, 6) is 0.932. The maximum absolute atomic E-state index is 5.49. The van der Waals surface area contributed by atoms with Crippen LogP contribution in [0.4, 0.5) is 0 Å². The third kappa shape index (κ3) is 1.56. The summed E-state index contributed by atoms with van der Waals surface area (Å²) in [6.45, 7) is 0.639. The molecule has 1 aliphatic heterocycles. The van der Waals surface area contributed by atoms with Gasteiger partial charge in [-0.05, 0) is 24.3 Å². The van der Waals surface area contributed by atoms with Gasteiger partial charge in [-0.2, -0.15) is 0 Å². The predicted octanol–water partition coefficient (Wildman–Crippen LogP) is 2.40. The Hall–Kier alpha value is -0.960. The Morgan fingerprint density at radius 2 is 2.31 bits per heavy atom. The predicted molar refractivity (Wildman–Crippen MR) is 56.7 cm³/mol. The first-order valence-corrected chi connectivity index (χ1v) is 4.91. The van der Waals surface area contributed by atoms with Gasteiger partial charge >= 0.3 is 0 Å². The average molecular weight is 240 g/mol. The van der Waals surface area contributed by atoms with Crippen molar-refractivity contribution in [1.82, 2.24) is 5.32 Å². The lowest BCUT2D eigenvalue weighted by molar-refractivity contribution is 0.356. The molecule has 1 aliphatic rings. The first-order chi connectivity index (χ1) is 6.31. The normalized spacial score (nSPS) is 14.2. The summed E-state index contributed by atoms with van der Waals surface area (Å²) in [5, 5.41) is 3.15. The third-order valence-corrected chi connectivity index (χ3v) is 2.52. The second-order valence-electron chi connectivity index (χ2n) is 2.82. The molecule has 0 unspecified atom stereocenters. The molecule has 0 aromatic heterocycles. The molecule has 0 saturated heterocycles. The molecule has 0 amide bonds. The zero-order chi connectivity index (χ0) is 9.26. The molecule has 68 valence electrons. The van der Waals surface area contributed by atoms with Crippen LogP contribution in [0.3, 0.4) is 0 Å². The van der Waals surface area contributed by atoms with Crippen LogP contribution >= 0.6 is 15.9 Å². The molecular formula is C10H10BrNO. The maximum Gasteiger partial charge on any atom is 0.130 e. The molecule has 1 heterocycles. The highest BCUT2D eigenvalue weighted by molar-refractivity contribution is 9.10. The minimum absolute atomic E-state index is 0.639. The van der Waals surface area contributed by atoms with Crippen LogP contribution in [0.25, 0.3) is 5.70 Å². The molecule has 13 heavy (non-hydrogen) atoms. The van der Waals surface area contributed by atoms with Crippen LogP contribution < -0.4 is 10.1 Å². The van der Waals surface area contributed by atoms with Gasteiger partial charge in [0.1, 0.15) is 12.4 Å². The lowest BCUT2D eigenvalue weighted by Crippen LogP contribution is -2.12. The van der Waals surface area contributed by atoms with E-state index in [-0.39, 0.29) is 0 Å². The fourth-order valence-electron chi connectivity index (χ4n) is 1.40. The van der Waals surface area contributed by atoms with Crippen LogP contribution in [0.2, 0.25) is 0 Å². The number of benzene rings is 1. The molecule has 0 radical (unpaired) electrons. The number of fused-ring (bicyclic) bond motifs is 1. The smallest absolute Gasteiger partial charge is 0.130 e. The Morgan fingerprint density at radius 1 is 1.46 bits per heavy atom. The van der Waals surface area contributed by atoms with Gasteiger partial charge in [0, 0.05) is 22.8 Å². The zero-order valence-corrected chi connectivity index (χ0v) is 8.89. The summed E-state index contributed by atoms with van der Waals surface area (Å²) in [4.78, 5) is 0. The van der Waals surface area contributed by atoms with Gasteiger partial charge in [0.05, 0.1) is 0 Å². The molecule has 0 fully saturated rings. The maximum atomic E-state index is 5.49. The molecule has 2 rings (SSSR count). The van der Waals surface area contributed by atoms with E-state index in [1.807, 2.05) is 31.3 Å². The monoisotopic (exact) mass is 239 g/mol. The van der Waals surface area contributed by atoms with Crippen molar-refractivity contribution in [2.24, 2.45) is 0 Å². The summed E-state index contributed by atoms with van der Waals surface area (Å²) >= 11 is 3.41. The highest BCUT2D eigenvalue weighted by Crippen LogP contribution is 2.30. The molecular weight excluding hydrogens is 230 g/mol. The van der Waals surface area contributed by atoms with Crippen LogP contribution in [-0.4, -0.2) is 13.7 Å². The van der Waals surface area contributed by atoms with Crippen LogP contribution in [-0.2, 0) is 0 Å². The van der Waals surface area contributed by atoms with E-state index in [0.717, 1.165) is 21.5 Å². The molecule has 1 aromatic carbocycles. The Morgan fingerprint density at radius 3 is 3.08 bits per heavy atom. The van der Waals surface area contributed by atoms with E-state index in [0.29, 0.717) is 6.61 Å². The Balaban J connectivity index is 2.49. The minimum Gasteiger partial charge on any atom is -0.489 e. The van der Waals surface area contributed by atoms with Crippen molar-refractivity contribution in [2.45, 2.75) is 0 Å². The van der Waals surface area contributed by atoms with Gasteiger partial charge in [-0.25, -0.2) is 0 Å². The van der Waals surface area contributed by atoms with E-state index in [2.05, 4.69) is 21.2 Å². The fraction of sp³-hybridized carbons (Fsp3) is 0.200. The van der Waals surface area contributed by atoms with E-state index < -0.39 is 0 Å². The zero-order valence-electron chi connectivity index (χ0n) is 7.30. The van der Waals surface area contributed by atoms with Crippen molar-refractivity contribution in [1.29, 1.82) is 0 Å². The van der Waals surface area contributed by atoms with Gasteiger partial charge < -0.3 is 10.1 Å². The average Bonchev–Trinajstić information content (AvgIpc) is 2.16. The van der Waals surface area contributed by atoms with E-state index >= 15 is 0 Å². The summed E-state index contributed by atoms with van der Waals surface area (Å²) in [6, 6.07) is 6.04. The van der Waals surface area contributed by atoms with E-state index in [1.165, 1.54) is 0 Å². The summed E-state index contributed by atoms with van der Waals surface area (Å²) in [7, 11) is 1.92. The summed E-state index contributed by atoms with van der Waals surface area (Å²) in [6.07, 6.45) is 2.04. The van der Waals surface area contributed by atoms with Crippen molar-refractivity contribution < 1.29 is 4.74 Å². The van der Waals surface area contributed by atoms with Gasteiger partial charge in [0.2, 0.25) is 0 Å². The molecule has 0 aliphatic carbocycles. The second kappa shape index (κ2) is 3.42. The first-order valence-electron chi connectivity index (χ1n) is 4.12. The Bertz CT molecular complexity index is 360. The summed E-state index contributed by atoms with van der Waals surface area (Å²) in [5.41, 5.74) is 2.26. The summed E-state index contributed by atoms with van der Waals surface area (Å²) < 4.78 is 6.53. The molecule has 2 nitrogen and oxygen atoms in total. The van der Waals surface area contributed by atoms with Crippen molar-refractivity contribution in [3.8, 4) is 5.75 Å². The van der Waals surface area contributed by atoms with Crippen LogP contribution in [0.15, 0.2) is 28.7 Å². The standard InChI is InChI=1S/C10H10BrNO/c1-12-9-4-5-13-10-6-7(11)2-3-8(9)10/h2-4,6,12H,5H2,1H3. The Kier molecular flexibility index (Phi) is 2.27. The SMILES string of the molecule is CNC1=CCOc2cc(Br)ccc21. The fourth-order valence-corrected chi connectivity index (χ4v) is 1.74. The van der Waals surface area contributed by atoms with Crippen LogP contribution in [0, 0.1) is 0 Å². The molecule has 3 heteroatoms. The molecule has 1 aromatic rings. The van der Waals surface area contributed by atoms with E-state index in [9.17, 15) is 0 Å². The first kappa shape index (κ1) is 8.63. The number of rotatable bonds is 1. The number of nitrogens with one attached hydrogen (secondary N) is 1. The lowest BCUT2D eigenvalue weighted by Gasteiger charge is -2.18. The lowest BCUT2D eigenvalue weighted by atomic mass is 10.1. The van der Waals surface area contributed by atoms with E-state index in [1.54, 1.807) is 0 Å². The molecule has 0 atom stereocenters. The number of ether oxygens (including phenoxy) is 1. The van der Waals surface area contributed by atoms with Crippen molar-refractivity contribution in [3.63, 3.8) is 0 Å². The largest absolute Gasteiger partial charge is 0.489 e. The second-order valence-corrected chi connectivity index (χ2v) is 3.73.